The van der Waals surface area contributed by atoms with E-state index >= 15 is 0 Å². The van der Waals surface area contributed by atoms with Crippen LogP contribution in [0.1, 0.15) is 58.8 Å². The first-order chi connectivity index (χ1) is 9.06. The number of halogens is 1. The largest absolute Gasteiger partial charge is 0.376 e. The molecule has 1 rings (SSSR count). The highest BCUT2D eigenvalue weighted by atomic mass is 35.5. The zero-order chi connectivity index (χ0) is 14.4. The molecule has 0 radical (unpaired) electrons. The number of aromatic nitrogens is 2. The average molecular weight is 288 g/mol. The Hall–Kier alpha value is -0.580. The minimum absolute atomic E-state index is 0.0763. The molecule has 0 spiro atoms. The molecule has 0 aliphatic heterocycles. The Balaban J connectivity index is 3.13. The van der Waals surface area contributed by atoms with Crippen molar-refractivity contribution < 1.29 is 4.74 Å². The molecule has 0 saturated heterocycles. The lowest BCUT2D eigenvalue weighted by atomic mass is 10.0. The van der Waals surface area contributed by atoms with Crippen LogP contribution in [0.4, 0.5) is 0 Å². The highest BCUT2D eigenvalue weighted by molar-refractivity contribution is 6.31. The SMILES string of the molecule is CCNC(c1c(Cl)cnn1C(C)C)C(CC)OCC. The number of hydrogen-bond acceptors (Lipinski definition) is 3. The van der Waals surface area contributed by atoms with Crippen molar-refractivity contribution in [3.8, 4) is 0 Å². The zero-order valence-corrected chi connectivity index (χ0v) is 13.4. The monoisotopic (exact) mass is 287 g/mol. The van der Waals surface area contributed by atoms with Crippen molar-refractivity contribution in [1.29, 1.82) is 0 Å². The second-order valence-corrected chi connectivity index (χ2v) is 5.26. The van der Waals surface area contributed by atoms with Crippen LogP contribution in [-0.4, -0.2) is 29.0 Å². The van der Waals surface area contributed by atoms with E-state index in [1.807, 2.05) is 11.6 Å². The Morgan fingerprint density at radius 2 is 2.05 bits per heavy atom. The number of ether oxygens (including phenoxy) is 1. The molecule has 0 saturated carbocycles. The standard InChI is InChI=1S/C14H26ClN3O/c1-6-12(19-8-3)13(16-7-2)14-11(15)9-17-18(14)10(4)5/h9-10,12-13,16H,6-8H2,1-5H3. The Bertz CT molecular complexity index is 379. The molecule has 110 valence electrons. The number of likely N-dealkylation sites (N-methyl/N-ethyl adjacent to an activating group) is 1. The number of nitrogens with one attached hydrogen (secondary N) is 1. The summed E-state index contributed by atoms with van der Waals surface area (Å²) < 4.78 is 7.84. The molecule has 0 aliphatic carbocycles. The maximum Gasteiger partial charge on any atom is 0.0835 e. The van der Waals surface area contributed by atoms with Gasteiger partial charge in [-0.2, -0.15) is 5.10 Å². The van der Waals surface area contributed by atoms with Gasteiger partial charge in [0.25, 0.3) is 0 Å². The van der Waals surface area contributed by atoms with Crippen LogP contribution in [0.2, 0.25) is 5.02 Å². The molecule has 0 bridgehead atoms. The Morgan fingerprint density at radius 3 is 2.53 bits per heavy atom. The average Bonchev–Trinajstić information content (AvgIpc) is 2.75. The van der Waals surface area contributed by atoms with E-state index in [0.29, 0.717) is 11.6 Å². The normalized spacial score (nSPS) is 14.9. The van der Waals surface area contributed by atoms with E-state index < -0.39 is 0 Å². The summed E-state index contributed by atoms with van der Waals surface area (Å²) >= 11 is 6.34. The number of nitrogens with zero attached hydrogens (tertiary/aromatic N) is 2. The Kier molecular flexibility index (Phi) is 6.83. The van der Waals surface area contributed by atoms with Crippen LogP contribution in [-0.2, 0) is 4.74 Å². The predicted octanol–water partition coefficient (Wildman–Crippen LogP) is 3.58. The predicted molar refractivity (Wildman–Crippen MR) is 79.7 cm³/mol. The van der Waals surface area contributed by atoms with Crippen LogP contribution >= 0.6 is 11.6 Å². The highest BCUT2D eigenvalue weighted by Gasteiger charge is 2.28. The molecule has 1 N–H and O–H groups in total. The van der Waals surface area contributed by atoms with Crippen molar-refractivity contribution in [3.63, 3.8) is 0 Å². The van der Waals surface area contributed by atoms with Crippen molar-refractivity contribution in [1.82, 2.24) is 15.1 Å². The van der Waals surface area contributed by atoms with Gasteiger partial charge in [-0.25, -0.2) is 0 Å². The fraction of sp³-hybridized carbons (Fsp3) is 0.786. The van der Waals surface area contributed by atoms with Crippen LogP contribution in [0.25, 0.3) is 0 Å². The summed E-state index contributed by atoms with van der Waals surface area (Å²) in [6.45, 7) is 12.0. The quantitative estimate of drug-likeness (QED) is 0.794. The fourth-order valence-electron chi connectivity index (χ4n) is 2.34. The second-order valence-electron chi connectivity index (χ2n) is 4.85. The fourth-order valence-corrected chi connectivity index (χ4v) is 2.59. The highest BCUT2D eigenvalue weighted by Crippen LogP contribution is 2.30. The summed E-state index contributed by atoms with van der Waals surface area (Å²) in [6, 6.07) is 0.357. The third-order valence-electron chi connectivity index (χ3n) is 3.15. The Morgan fingerprint density at radius 1 is 1.37 bits per heavy atom. The summed E-state index contributed by atoms with van der Waals surface area (Å²) in [5, 5.41) is 8.58. The van der Waals surface area contributed by atoms with Gasteiger partial charge in [-0.05, 0) is 33.7 Å². The number of hydrogen-bond donors (Lipinski definition) is 1. The first-order valence-electron chi connectivity index (χ1n) is 7.14. The summed E-state index contributed by atoms with van der Waals surface area (Å²) in [6.07, 6.45) is 2.77. The van der Waals surface area contributed by atoms with Crippen LogP contribution in [0.5, 0.6) is 0 Å². The minimum atomic E-state index is 0.0763. The van der Waals surface area contributed by atoms with Gasteiger partial charge in [0.1, 0.15) is 0 Å². The van der Waals surface area contributed by atoms with E-state index in [1.54, 1.807) is 6.20 Å². The lowest BCUT2D eigenvalue weighted by molar-refractivity contribution is 0.0293. The molecule has 19 heavy (non-hydrogen) atoms. The van der Waals surface area contributed by atoms with Gasteiger partial charge >= 0.3 is 0 Å². The van der Waals surface area contributed by atoms with E-state index in [0.717, 1.165) is 18.7 Å². The summed E-state index contributed by atoms with van der Waals surface area (Å²) in [4.78, 5) is 0. The van der Waals surface area contributed by atoms with Crippen LogP contribution < -0.4 is 5.32 Å². The molecule has 0 fully saturated rings. The smallest absolute Gasteiger partial charge is 0.0835 e. The summed E-state index contributed by atoms with van der Waals surface area (Å²) in [5.74, 6) is 0. The maximum atomic E-state index is 6.34. The number of rotatable bonds is 8. The molecule has 4 nitrogen and oxygen atoms in total. The van der Waals surface area contributed by atoms with Crippen molar-refractivity contribution in [2.24, 2.45) is 0 Å². The van der Waals surface area contributed by atoms with Gasteiger partial charge in [-0.1, -0.05) is 25.4 Å². The first kappa shape index (κ1) is 16.5. The second kappa shape index (κ2) is 7.88. The van der Waals surface area contributed by atoms with Crippen molar-refractivity contribution in [3.05, 3.63) is 16.9 Å². The van der Waals surface area contributed by atoms with Gasteiger partial charge in [-0.3, -0.25) is 4.68 Å². The van der Waals surface area contributed by atoms with Gasteiger partial charge in [0.05, 0.1) is 29.1 Å². The molecule has 2 unspecified atom stereocenters. The van der Waals surface area contributed by atoms with Gasteiger partial charge in [0.15, 0.2) is 0 Å². The van der Waals surface area contributed by atoms with E-state index in [-0.39, 0.29) is 18.2 Å². The third-order valence-corrected chi connectivity index (χ3v) is 3.44. The minimum Gasteiger partial charge on any atom is -0.376 e. The van der Waals surface area contributed by atoms with Crippen molar-refractivity contribution >= 4 is 11.6 Å². The van der Waals surface area contributed by atoms with Gasteiger partial charge in [0.2, 0.25) is 0 Å². The Labute approximate surface area is 121 Å². The molecule has 5 heteroatoms. The summed E-state index contributed by atoms with van der Waals surface area (Å²) in [5.41, 5.74) is 1.03. The van der Waals surface area contributed by atoms with Crippen molar-refractivity contribution in [2.75, 3.05) is 13.2 Å². The lowest BCUT2D eigenvalue weighted by Gasteiger charge is -2.28. The first-order valence-corrected chi connectivity index (χ1v) is 7.52. The van der Waals surface area contributed by atoms with Crippen LogP contribution in [0, 0.1) is 0 Å². The van der Waals surface area contributed by atoms with E-state index in [2.05, 4.69) is 38.1 Å². The molecule has 1 heterocycles. The van der Waals surface area contributed by atoms with Gasteiger partial charge < -0.3 is 10.1 Å². The van der Waals surface area contributed by atoms with Gasteiger partial charge in [0, 0.05) is 12.6 Å². The van der Waals surface area contributed by atoms with Crippen LogP contribution in [0.3, 0.4) is 0 Å². The van der Waals surface area contributed by atoms with Gasteiger partial charge in [-0.15, -0.1) is 0 Å². The lowest BCUT2D eigenvalue weighted by Crippen LogP contribution is -2.35. The molecule has 0 amide bonds. The topological polar surface area (TPSA) is 39.1 Å². The zero-order valence-electron chi connectivity index (χ0n) is 12.6. The maximum absolute atomic E-state index is 6.34. The molecule has 1 aromatic rings. The molecule has 1 aromatic heterocycles. The van der Waals surface area contributed by atoms with Crippen LogP contribution in [0.15, 0.2) is 6.20 Å². The van der Waals surface area contributed by atoms with E-state index in [1.165, 1.54) is 0 Å². The van der Waals surface area contributed by atoms with Crippen molar-refractivity contribution in [2.45, 2.75) is 59.2 Å². The molecule has 0 aromatic carbocycles. The van der Waals surface area contributed by atoms with E-state index in [4.69, 9.17) is 16.3 Å². The summed E-state index contributed by atoms with van der Waals surface area (Å²) in [7, 11) is 0. The molecule has 2 atom stereocenters. The molecular formula is C14H26ClN3O. The molecular weight excluding hydrogens is 262 g/mol. The van der Waals surface area contributed by atoms with E-state index in [9.17, 15) is 0 Å². The third kappa shape index (κ3) is 3.94. The molecule has 0 aliphatic rings.